The Morgan fingerprint density at radius 1 is 1.11 bits per heavy atom. The monoisotopic (exact) mass is 274 g/mol. The zero-order valence-corrected chi connectivity index (χ0v) is 12.5. The van der Waals surface area contributed by atoms with Crippen molar-refractivity contribution in [2.24, 2.45) is 0 Å². The summed E-state index contributed by atoms with van der Waals surface area (Å²) in [7, 11) is 2.14. The third kappa shape index (κ3) is 4.69. The van der Waals surface area contributed by atoms with Gasteiger partial charge in [-0.2, -0.15) is 11.3 Å². The van der Waals surface area contributed by atoms with E-state index in [9.17, 15) is 0 Å². The second kappa shape index (κ2) is 7.31. The standard InChI is InChI=1S/C16H22N2S/c1-14-3-5-16(6-4-14)18(2)11-10-17-9-7-15-8-12-19-13-15/h3-6,8,12-13,17H,7,9-11H2,1-2H3. The topological polar surface area (TPSA) is 15.3 Å². The summed E-state index contributed by atoms with van der Waals surface area (Å²) in [6.45, 7) is 5.23. The van der Waals surface area contributed by atoms with Crippen LogP contribution < -0.4 is 10.2 Å². The van der Waals surface area contributed by atoms with Crippen molar-refractivity contribution < 1.29 is 0 Å². The highest BCUT2D eigenvalue weighted by Gasteiger charge is 1.99. The molecule has 0 aliphatic rings. The predicted molar refractivity (Wildman–Crippen MR) is 85.3 cm³/mol. The summed E-state index contributed by atoms with van der Waals surface area (Å²) in [5.74, 6) is 0. The van der Waals surface area contributed by atoms with Crippen molar-refractivity contribution in [3.05, 3.63) is 52.2 Å². The lowest BCUT2D eigenvalue weighted by Gasteiger charge is -2.19. The Bertz CT molecular complexity index is 462. The third-order valence-electron chi connectivity index (χ3n) is 3.27. The largest absolute Gasteiger partial charge is 0.373 e. The lowest BCUT2D eigenvalue weighted by molar-refractivity contribution is 0.676. The summed E-state index contributed by atoms with van der Waals surface area (Å²) in [4.78, 5) is 2.29. The van der Waals surface area contributed by atoms with Crippen molar-refractivity contribution >= 4 is 17.0 Å². The van der Waals surface area contributed by atoms with Crippen LogP contribution in [0.2, 0.25) is 0 Å². The second-order valence-electron chi connectivity index (χ2n) is 4.89. The molecule has 0 saturated carbocycles. The van der Waals surface area contributed by atoms with Crippen molar-refractivity contribution in [1.29, 1.82) is 0 Å². The predicted octanol–water partition coefficient (Wildman–Crippen LogP) is 3.33. The molecule has 0 bridgehead atoms. The van der Waals surface area contributed by atoms with Gasteiger partial charge in [0.05, 0.1) is 0 Å². The van der Waals surface area contributed by atoms with Crippen LogP contribution in [0.4, 0.5) is 5.69 Å². The second-order valence-corrected chi connectivity index (χ2v) is 5.67. The van der Waals surface area contributed by atoms with Gasteiger partial charge in [-0.05, 0) is 54.4 Å². The summed E-state index contributed by atoms with van der Waals surface area (Å²) in [6, 6.07) is 10.9. The lowest BCUT2D eigenvalue weighted by atomic mass is 10.2. The zero-order chi connectivity index (χ0) is 13.5. The van der Waals surface area contributed by atoms with Gasteiger partial charge in [-0.3, -0.25) is 0 Å². The lowest BCUT2D eigenvalue weighted by Crippen LogP contribution is -2.30. The zero-order valence-electron chi connectivity index (χ0n) is 11.7. The van der Waals surface area contributed by atoms with Gasteiger partial charge in [-0.25, -0.2) is 0 Å². The fourth-order valence-electron chi connectivity index (χ4n) is 1.97. The molecule has 0 aliphatic heterocycles. The van der Waals surface area contributed by atoms with Crippen LogP contribution >= 0.6 is 11.3 Å². The maximum atomic E-state index is 3.50. The summed E-state index contributed by atoms with van der Waals surface area (Å²) in [6.07, 6.45) is 1.12. The number of hydrogen-bond acceptors (Lipinski definition) is 3. The number of hydrogen-bond donors (Lipinski definition) is 1. The van der Waals surface area contributed by atoms with Gasteiger partial charge < -0.3 is 10.2 Å². The Kier molecular flexibility index (Phi) is 5.43. The molecule has 1 aromatic heterocycles. The first kappa shape index (κ1) is 14.1. The SMILES string of the molecule is Cc1ccc(N(C)CCNCCc2ccsc2)cc1. The van der Waals surface area contributed by atoms with E-state index >= 15 is 0 Å². The Morgan fingerprint density at radius 2 is 1.89 bits per heavy atom. The Morgan fingerprint density at radius 3 is 2.58 bits per heavy atom. The van der Waals surface area contributed by atoms with Gasteiger partial charge in [0, 0.05) is 25.8 Å². The molecular formula is C16H22N2S. The quantitative estimate of drug-likeness (QED) is 0.779. The van der Waals surface area contributed by atoms with Crippen LogP contribution in [0.15, 0.2) is 41.1 Å². The molecule has 0 aliphatic carbocycles. The van der Waals surface area contributed by atoms with Gasteiger partial charge in [0.15, 0.2) is 0 Å². The van der Waals surface area contributed by atoms with Gasteiger partial charge in [0.25, 0.3) is 0 Å². The van der Waals surface area contributed by atoms with Crippen LogP contribution in [0.5, 0.6) is 0 Å². The van der Waals surface area contributed by atoms with E-state index in [1.807, 2.05) is 0 Å². The highest BCUT2D eigenvalue weighted by molar-refractivity contribution is 7.07. The molecule has 0 fully saturated rings. The molecule has 2 aromatic rings. The van der Waals surface area contributed by atoms with Crippen molar-refractivity contribution in [2.75, 3.05) is 31.6 Å². The van der Waals surface area contributed by atoms with Crippen molar-refractivity contribution in [3.8, 4) is 0 Å². The van der Waals surface area contributed by atoms with Crippen LogP contribution in [-0.4, -0.2) is 26.7 Å². The van der Waals surface area contributed by atoms with Gasteiger partial charge in [0.1, 0.15) is 0 Å². The minimum absolute atomic E-state index is 1.02. The van der Waals surface area contributed by atoms with Gasteiger partial charge in [-0.15, -0.1) is 0 Å². The molecule has 1 heterocycles. The molecular weight excluding hydrogens is 252 g/mol. The molecule has 102 valence electrons. The van der Waals surface area contributed by atoms with Gasteiger partial charge in [-0.1, -0.05) is 17.7 Å². The smallest absolute Gasteiger partial charge is 0.0364 e. The van der Waals surface area contributed by atoms with Gasteiger partial charge in [0.2, 0.25) is 0 Å². The summed E-state index contributed by atoms with van der Waals surface area (Å²) < 4.78 is 0. The number of anilines is 1. The highest BCUT2D eigenvalue weighted by Crippen LogP contribution is 2.12. The van der Waals surface area contributed by atoms with Crippen LogP contribution in [0.1, 0.15) is 11.1 Å². The number of nitrogens with zero attached hydrogens (tertiary/aromatic N) is 1. The highest BCUT2D eigenvalue weighted by atomic mass is 32.1. The molecule has 0 saturated heterocycles. The first-order valence-corrected chi connectivity index (χ1v) is 7.69. The normalized spacial score (nSPS) is 10.6. The molecule has 19 heavy (non-hydrogen) atoms. The van der Waals surface area contributed by atoms with Crippen molar-refractivity contribution in [3.63, 3.8) is 0 Å². The van der Waals surface area contributed by atoms with Crippen molar-refractivity contribution in [1.82, 2.24) is 5.32 Å². The van der Waals surface area contributed by atoms with E-state index in [4.69, 9.17) is 0 Å². The number of aryl methyl sites for hydroxylation is 1. The summed E-state index contributed by atoms with van der Waals surface area (Å²) in [5, 5.41) is 7.86. The van der Waals surface area contributed by atoms with Crippen LogP contribution in [0.3, 0.4) is 0 Å². The minimum atomic E-state index is 1.02. The molecule has 0 spiro atoms. The van der Waals surface area contributed by atoms with Gasteiger partial charge >= 0.3 is 0 Å². The number of benzene rings is 1. The minimum Gasteiger partial charge on any atom is -0.373 e. The molecule has 2 nitrogen and oxygen atoms in total. The fourth-order valence-corrected chi connectivity index (χ4v) is 2.67. The maximum Gasteiger partial charge on any atom is 0.0364 e. The van der Waals surface area contributed by atoms with E-state index in [1.165, 1.54) is 16.8 Å². The maximum absolute atomic E-state index is 3.50. The molecule has 0 amide bonds. The fraction of sp³-hybridized carbons (Fsp3) is 0.375. The average Bonchev–Trinajstić information content (AvgIpc) is 2.92. The molecule has 3 heteroatoms. The Labute approximate surface area is 120 Å². The molecule has 1 aromatic carbocycles. The van der Waals surface area contributed by atoms with E-state index in [0.29, 0.717) is 0 Å². The number of likely N-dealkylation sites (N-methyl/N-ethyl adjacent to an activating group) is 1. The Hall–Kier alpha value is -1.32. The molecule has 2 rings (SSSR count). The summed E-state index contributed by atoms with van der Waals surface area (Å²) in [5.41, 5.74) is 4.03. The first-order chi connectivity index (χ1) is 9.25. The molecule has 0 atom stereocenters. The van der Waals surface area contributed by atoms with E-state index in [-0.39, 0.29) is 0 Å². The number of nitrogens with one attached hydrogen (secondary N) is 1. The first-order valence-electron chi connectivity index (χ1n) is 6.75. The Balaban J connectivity index is 1.63. The molecule has 0 radical (unpaired) electrons. The van der Waals surface area contributed by atoms with Crippen LogP contribution in [0.25, 0.3) is 0 Å². The van der Waals surface area contributed by atoms with Crippen LogP contribution in [-0.2, 0) is 6.42 Å². The van der Waals surface area contributed by atoms with E-state index in [2.05, 4.69) is 65.3 Å². The van der Waals surface area contributed by atoms with E-state index < -0.39 is 0 Å². The van der Waals surface area contributed by atoms with E-state index in [1.54, 1.807) is 11.3 Å². The van der Waals surface area contributed by atoms with Crippen LogP contribution in [0, 0.1) is 6.92 Å². The average molecular weight is 274 g/mol. The van der Waals surface area contributed by atoms with E-state index in [0.717, 1.165) is 26.1 Å². The van der Waals surface area contributed by atoms with Crippen molar-refractivity contribution in [2.45, 2.75) is 13.3 Å². The number of thiophene rings is 1. The summed E-state index contributed by atoms with van der Waals surface area (Å²) >= 11 is 1.77. The molecule has 0 unspecified atom stereocenters. The third-order valence-corrected chi connectivity index (χ3v) is 4.00. The number of rotatable bonds is 7. The molecule has 1 N–H and O–H groups in total.